The van der Waals surface area contributed by atoms with E-state index in [1.54, 1.807) is 6.07 Å². The molecule has 0 heterocycles. The number of aromatic hydroxyl groups is 1. The second-order valence-electron chi connectivity index (χ2n) is 5.48. The van der Waals surface area contributed by atoms with E-state index in [2.05, 4.69) is 39.1 Å². The molecule has 0 aromatic heterocycles. The fraction of sp³-hybridized carbons (Fsp3) is 0.600. The van der Waals surface area contributed by atoms with Crippen molar-refractivity contribution in [2.45, 2.75) is 53.1 Å². The fourth-order valence-corrected chi connectivity index (χ4v) is 2.31. The highest BCUT2D eigenvalue weighted by molar-refractivity contribution is 5.37. The van der Waals surface area contributed by atoms with E-state index in [4.69, 9.17) is 0 Å². The summed E-state index contributed by atoms with van der Waals surface area (Å²) in [5.41, 5.74) is 2.17. The van der Waals surface area contributed by atoms with E-state index in [0.717, 1.165) is 12.0 Å². The Balaban J connectivity index is 2.69. The predicted octanol–water partition coefficient (Wildman–Crippen LogP) is 3.79. The van der Waals surface area contributed by atoms with E-state index < -0.39 is 0 Å². The van der Waals surface area contributed by atoms with Crippen LogP contribution in [0.2, 0.25) is 0 Å². The monoisotopic (exact) mass is 235 g/mol. The Morgan fingerprint density at radius 3 is 2.41 bits per heavy atom. The minimum Gasteiger partial charge on any atom is -0.508 e. The number of phenols is 1. The molecule has 0 spiro atoms. The Bertz CT molecular complexity index is 360. The van der Waals surface area contributed by atoms with Crippen LogP contribution in [0.5, 0.6) is 5.75 Å². The molecule has 0 bridgehead atoms. The lowest BCUT2D eigenvalue weighted by Crippen LogP contribution is -2.30. The van der Waals surface area contributed by atoms with Gasteiger partial charge in [-0.25, -0.2) is 0 Å². The van der Waals surface area contributed by atoms with Crippen molar-refractivity contribution in [2.24, 2.45) is 5.92 Å². The van der Waals surface area contributed by atoms with Crippen LogP contribution in [0, 0.1) is 12.8 Å². The zero-order valence-corrected chi connectivity index (χ0v) is 11.6. The summed E-state index contributed by atoms with van der Waals surface area (Å²) in [7, 11) is 0. The molecule has 1 aromatic rings. The minimum atomic E-state index is 0.184. The summed E-state index contributed by atoms with van der Waals surface area (Å²) in [6.07, 6.45) is 1.15. The maximum absolute atomic E-state index is 9.86. The summed E-state index contributed by atoms with van der Waals surface area (Å²) in [6, 6.07) is 6.40. The third-order valence-electron chi connectivity index (χ3n) is 3.01. The SMILES string of the molecule is Cc1ccc(O)c(C(C)NC(C)CC(C)C)c1. The maximum atomic E-state index is 9.86. The van der Waals surface area contributed by atoms with Crippen molar-refractivity contribution >= 4 is 0 Å². The number of rotatable bonds is 5. The molecule has 1 aromatic carbocycles. The topological polar surface area (TPSA) is 32.3 Å². The quantitative estimate of drug-likeness (QED) is 0.814. The number of aryl methyl sites for hydroxylation is 1. The average molecular weight is 235 g/mol. The lowest BCUT2D eigenvalue weighted by molar-refractivity contribution is 0.394. The van der Waals surface area contributed by atoms with Crippen molar-refractivity contribution in [1.82, 2.24) is 5.32 Å². The van der Waals surface area contributed by atoms with Crippen molar-refractivity contribution in [1.29, 1.82) is 0 Å². The van der Waals surface area contributed by atoms with Crippen molar-refractivity contribution in [3.05, 3.63) is 29.3 Å². The summed E-state index contributed by atoms with van der Waals surface area (Å²) in [6.45, 7) is 10.8. The van der Waals surface area contributed by atoms with Gasteiger partial charge in [-0.3, -0.25) is 0 Å². The summed E-state index contributed by atoms with van der Waals surface area (Å²) in [5, 5.41) is 13.4. The largest absolute Gasteiger partial charge is 0.508 e. The molecule has 0 fully saturated rings. The number of hydrogen-bond acceptors (Lipinski definition) is 2. The summed E-state index contributed by atoms with van der Waals surface area (Å²) in [4.78, 5) is 0. The smallest absolute Gasteiger partial charge is 0.120 e. The Kier molecular flexibility index (Phi) is 5.01. The van der Waals surface area contributed by atoms with Crippen LogP contribution < -0.4 is 5.32 Å². The van der Waals surface area contributed by atoms with Crippen LogP contribution in [-0.2, 0) is 0 Å². The van der Waals surface area contributed by atoms with Gasteiger partial charge >= 0.3 is 0 Å². The Hall–Kier alpha value is -1.02. The summed E-state index contributed by atoms with van der Waals surface area (Å²) >= 11 is 0. The molecule has 0 radical (unpaired) electrons. The van der Waals surface area contributed by atoms with Crippen LogP contribution in [0.4, 0.5) is 0 Å². The van der Waals surface area contributed by atoms with Gasteiger partial charge in [-0.05, 0) is 39.2 Å². The summed E-state index contributed by atoms with van der Waals surface area (Å²) < 4.78 is 0. The number of hydrogen-bond donors (Lipinski definition) is 2. The van der Waals surface area contributed by atoms with Crippen LogP contribution in [0.1, 0.15) is 51.3 Å². The van der Waals surface area contributed by atoms with Crippen molar-refractivity contribution in [2.75, 3.05) is 0 Å². The molecular weight excluding hydrogens is 210 g/mol. The number of phenolic OH excluding ortho intramolecular Hbond substituents is 1. The molecule has 0 aliphatic carbocycles. The first-order valence-electron chi connectivity index (χ1n) is 6.45. The minimum absolute atomic E-state index is 0.184. The molecule has 96 valence electrons. The molecule has 2 atom stereocenters. The van der Waals surface area contributed by atoms with Gasteiger partial charge in [-0.15, -0.1) is 0 Å². The molecule has 2 nitrogen and oxygen atoms in total. The molecule has 0 saturated heterocycles. The third-order valence-corrected chi connectivity index (χ3v) is 3.01. The van der Waals surface area contributed by atoms with E-state index in [0.29, 0.717) is 17.7 Å². The van der Waals surface area contributed by atoms with Gasteiger partial charge in [0.15, 0.2) is 0 Å². The third kappa shape index (κ3) is 4.39. The average Bonchev–Trinajstić information content (AvgIpc) is 2.20. The zero-order chi connectivity index (χ0) is 13.0. The Morgan fingerprint density at radius 2 is 1.82 bits per heavy atom. The van der Waals surface area contributed by atoms with Gasteiger partial charge in [0.25, 0.3) is 0 Å². The molecular formula is C15H25NO. The molecule has 2 unspecified atom stereocenters. The molecule has 0 saturated carbocycles. The normalized spacial score (nSPS) is 14.9. The van der Waals surface area contributed by atoms with E-state index in [1.807, 2.05) is 13.0 Å². The Morgan fingerprint density at radius 1 is 1.18 bits per heavy atom. The van der Waals surface area contributed by atoms with E-state index in [9.17, 15) is 5.11 Å². The van der Waals surface area contributed by atoms with Crippen molar-refractivity contribution in [3.63, 3.8) is 0 Å². The standard InChI is InChI=1S/C15H25NO/c1-10(2)8-12(4)16-13(5)14-9-11(3)6-7-15(14)17/h6-7,9-10,12-13,16-17H,8H2,1-5H3. The van der Waals surface area contributed by atoms with Gasteiger partial charge < -0.3 is 10.4 Å². The highest BCUT2D eigenvalue weighted by Gasteiger charge is 2.13. The zero-order valence-electron chi connectivity index (χ0n) is 11.6. The molecule has 2 N–H and O–H groups in total. The fourth-order valence-electron chi connectivity index (χ4n) is 2.31. The van der Waals surface area contributed by atoms with Gasteiger partial charge in [0.2, 0.25) is 0 Å². The highest BCUT2D eigenvalue weighted by atomic mass is 16.3. The second-order valence-corrected chi connectivity index (χ2v) is 5.48. The van der Waals surface area contributed by atoms with Gasteiger partial charge in [0.1, 0.15) is 5.75 Å². The van der Waals surface area contributed by atoms with Gasteiger partial charge in [0, 0.05) is 17.6 Å². The van der Waals surface area contributed by atoms with Crippen LogP contribution in [-0.4, -0.2) is 11.1 Å². The second kappa shape index (κ2) is 6.06. The molecule has 17 heavy (non-hydrogen) atoms. The van der Waals surface area contributed by atoms with Crippen LogP contribution >= 0.6 is 0 Å². The van der Waals surface area contributed by atoms with E-state index >= 15 is 0 Å². The van der Waals surface area contributed by atoms with Crippen LogP contribution in [0.25, 0.3) is 0 Å². The lowest BCUT2D eigenvalue weighted by atomic mass is 10.0. The molecule has 0 aliphatic heterocycles. The first kappa shape index (κ1) is 14.0. The van der Waals surface area contributed by atoms with Crippen molar-refractivity contribution < 1.29 is 5.11 Å². The molecule has 0 aliphatic rings. The first-order chi connectivity index (χ1) is 7.90. The lowest BCUT2D eigenvalue weighted by Gasteiger charge is -2.22. The van der Waals surface area contributed by atoms with Crippen LogP contribution in [0.3, 0.4) is 0 Å². The van der Waals surface area contributed by atoms with Gasteiger partial charge in [-0.2, -0.15) is 0 Å². The maximum Gasteiger partial charge on any atom is 0.120 e. The van der Waals surface area contributed by atoms with Gasteiger partial charge in [0.05, 0.1) is 0 Å². The van der Waals surface area contributed by atoms with Gasteiger partial charge in [-0.1, -0.05) is 31.5 Å². The van der Waals surface area contributed by atoms with E-state index in [-0.39, 0.29) is 6.04 Å². The predicted molar refractivity (Wildman–Crippen MR) is 73.3 cm³/mol. The first-order valence-corrected chi connectivity index (χ1v) is 6.45. The highest BCUT2D eigenvalue weighted by Crippen LogP contribution is 2.25. The Labute approximate surface area is 105 Å². The molecule has 2 heteroatoms. The van der Waals surface area contributed by atoms with Crippen molar-refractivity contribution in [3.8, 4) is 5.75 Å². The molecule has 1 rings (SSSR count). The summed E-state index contributed by atoms with van der Waals surface area (Å²) in [5.74, 6) is 1.07. The van der Waals surface area contributed by atoms with Crippen LogP contribution in [0.15, 0.2) is 18.2 Å². The molecule has 0 amide bonds. The number of nitrogens with one attached hydrogen (secondary N) is 1. The number of benzene rings is 1. The van der Waals surface area contributed by atoms with E-state index in [1.165, 1.54) is 5.56 Å².